The highest BCUT2D eigenvalue weighted by Crippen LogP contribution is 2.29. The quantitative estimate of drug-likeness (QED) is 0.781. The third-order valence-electron chi connectivity index (χ3n) is 3.83. The fraction of sp³-hybridized carbons (Fsp3) is 0.312. The Morgan fingerprint density at radius 3 is 2.64 bits per heavy atom. The van der Waals surface area contributed by atoms with E-state index in [0.29, 0.717) is 17.3 Å². The van der Waals surface area contributed by atoms with E-state index in [1.807, 2.05) is 0 Å². The molecule has 1 aromatic heterocycles. The van der Waals surface area contributed by atoms with Crippen LogP contribution in [0.3, 0.4) is 0 Å². The molecule has 0 spiro atoms. The Bertz CT molecular complexity index is 862. The number of carbonyl (C=O) groups is 1. The van der Waals surface area contributed by atoms with Gasteiger partial charge < -0.3 is 4.90 Å². The molecule has 9 heteroatoms. The van der Waals surface area contributed by atoms with Crippen molar-refractivity contribution in [1.29, 1.82) is 0 Å². The molecular weight excluding hydrogens is 355 g/mol. The standard InChI is InChI=1S/C16H14F3N3O2S/c1-21(9-10-2-4-11(5-3-10)16(17,18)19)13(23)12-8-20-15-22(14(12)24)6-7-25-15/h2-5,8H,6-7,9H2,1H3. The maximum absolute atomic E-state index is 12.6. The molecule has 0 radical (unpaired) electrons. The smallest absolute Gasteiger partial charge is 0.337 e. The van der Waals surface area contributed by atoms with Crippen LogP contribution in [0.5, 0.6) is 0 Å². The van der Waals surface area contributed by atoms with Gasteiger partial charge in [-0.15, -0.1) is 0 Å². The lowest BCUT2D eigenvalue weighted by atomic mass is 10.1. The highest BCUT2D eigenvalue weighted by molar-refractivity contribution is 7.99. The zero-order chi connectivity index (χ0) is 18.2. The van der Waals surface area contributed by atoms with E-state index < -0.39 is 17.6 Å². The van der Waals surface area contributed by atoms with Crippen molar-refractivity contribution in [3.05, 3.63) is 57.5 Å². The van der Waals surface area contributed by atoms with Crippen molar-refractivity contribution < 1.29 is 18.0 Å². The molecule has 1 aliphatic rings. The van der Waals surface area contributed by atoms with Crippen LogP contribution < -0.4 is 5.56 Å². The molecule has 2 aromatic rings. The van der Waals surface area contributed by atoms with Gasteiger partial charge >= 0.3 is 6.18 Å². The molecule has 0 atom stereocenters. The summed E-state index contributed by atoms with van der Waals surface area (Å²) in [7, 11) is 1.49. The van der Waals surface area contributed by atoms with Crippen molar-refractivity contribution in [3.63, 3.8) is 0 Å². The summed E-state index contributed by atoms with van der Waals surface area (Å²) in [5, 5.41) is 0.590. The SMILES string of the molecule is CN(Cc1ccc(C(F)(F)F)cc1)C(=O)c1cnc2n(c1=O)CCS2. The van der Waals surface area contributed by atoms with Crippen molar-refractivity contribution in [1.82, 2.24) is 14.5 Å². The number of hydrogen-bond acceptors (Lipinski definition) is 4. The summed E-state index contributed by atoms with van der Waals surface area (Å²) >= 11 is 1.45. The lowest BCUT2D eigenvalue weighted by Gasteiger charge is -2.17. The monoisotopic (exact) mass is 369 g/mol. The number of amides is 1. The molecule has 0 fully saturated rings. The number of hydrogen-bond donors (Lipinski definition) is 0. The fourth-order valence-corrected chi connectivity index (χ4v) is 3.43. The Kier molecular flexibility index (Phi) is 4.59. The first-order valence-electron chi connectivity index (χ1n) is 7.41. The van der Waals surface area contributed by atoms with Gasteiger partial charge in [-0.1, -0.05) is 23.9 Å². The average Bonchev–Trinajstić information content (AvgIpc) is 3.04. The minimum absolute atomic E-state index is 0.0411. The highest BCUT2D eigenvalue weighted by atomic mass is 32.2. The lowest BCUT2D eigenvalue weighted by molar-refractivity contribution is -0.137. The van der Waals surface area contributed by atoms with Gasteiger partial charge in [-0.2, -0.15) is 13.2 Å². The number of rotatable bonds is 3. The second kappa shape index (κ2) is 6.55. The van der Waals surface area contributed by atoms with Crippen molar-refractivity contribution >= 4 is 17.7 Å². The van der Waals surface area contributed by atoms with Gasteiger partial charge in [0.25, 0.3) is 11.5 Å². The maximum Gasteiger partial charge on any atom is 0.416 e. The van der Waals surface area contributed by atoms with Gasteiger partial charge in [-0.3, -0.25) is 14.2 Å². The van der Waals surface area contributed by atoms with E-state index in [-0.39, 0.29) is 17.7 Å². The van der Waals surface area contributed by atoms with Gasteiger partial charge in [-0.05, 0) is 17.7 Å². The van der Waals surface area contributed by atoms with Crippen molar-refractivity contribution in [2.24, 2.45) is 0 Å². The highest BCUT2D eigenvalue weighted by Gasteiger charge is 2.30. The number of halogens is 3. The number of carbonyl (C=O) groups excluding carboxylic acids is 1. The Hall–Kier alpha value is -2.29. The summed E-state index contributed by atoms with van der Waals surface area (Å²) < 4.78 is 39.2. The van der Waals surface area contributed by atoms with Crippen LogP contribution in [0.1, 0.15) is 21.5 Å². The van der Waals surface area contributed by atoms with E-state index in [2.05, 4.69) is 4.98 Å². The van der Waals surface area contributed by atoms with Gasteiger partial charge in [0.2, 0.25) is 0 Å². The molecule has 132 valence electrons. The number of nitrogens with zero attached hydrogens (tertiary/aromatic N) is 3. The first kappa shape index (κ1) is 17.5. The summed E-state index contributed by atoms with van der Waals surface area (Å²) in [4.78, 5) is 30.2. The number of benzene rings is 1. The molecule has 1 aromatic carbocycles. The summed E-state index contributed by atoms with van der Waals surface area (Å²) in [6.07, 6.45) is -3.14. The first-order chi connectivity index (χ1) is 11.8. The predicted molar refractivity (Wildman–Crippen MR) is 86.5 cm³/mol. The Labute approximate surface area is 145 Å². The third kappa shape index (κ3) is 3.55. The molecular formula is C16H14F3N3O2S. The average molecular weight is 369 g/mol. The lowest BCUT2D eigenvalue weighted by Crippen LogP contribution is -2.34. The van der Waals surface area contributed by atoms with E-state index in [1.165, 1.54) is 46.6 Å². The van der Waals surface area contributed by atoms with Crippen LogP contribution in [0.4, 0.5) is 13.2 Å². The largest absolute Gasteiger partial charge is 0.416 e. The normalized spacial score (nSPS) is 13.6. The van der Waals surface area contributed by atoms with Gasteiger partial charge in [-0.25, -0.2) is 4.98 Å². The molecule has 0 unspecified atom stereocenters. The minimum atomic E-state index is -4.40. The topological polar surface area (TPSA) is 55.2 Å². The third-order valence-corrected chi connectivity index (χ3v) is 4.81. The molecule has 0 saturated carbocycles. The number of alkyl halides is 3. The maximum atomic E-state index is 12.6. The van der Waals surface area contributed by atoms with E-state index in [0.717, 1.165) is 17.9 Å². The molecule has 2 heterocycles. The van der Waals surface area contributed by atoms with Crippen molar-refractivity contribution in [2.75, 3.05) is 12.8 Å². The summed E-state index contributed by atoms with van der Waals surface area (Å²) in [6, 6.07) is 4.57. The van der Waals surface area contributed by atoms with Crippen LogP contribution in [0, 0.1) is 0 Å². The number of fused-ring (bicyclic) bond motifs is 1. The molecule has 1 amide bonds. The molecule has 25 heavy (non-hydrogen) atoms. The zero-order valence-electron chi connectivity index (χ0n) is 13.2. The Morgan fingerprint density at radius 2 is 2.00 bits per heavy atom. The summed E-state index contributed by atoms with van der Waals surface area (Å²) in [5.41, 5.74) is -0.641. The predicted octanol–water partition coefficient (Wildman–Crippen LogP) is 2.64. The first-order valence-corrected chi connectivity index (χ1v) is 8.40. The zero-order valence-corrected chi connectivity index (χ0v) is 14.0. The van der Waals surface area contributed by atoms with Crippen molar-refractivity contribution in [3.8, 4) is 0 Å². The molecule has 1 aliphatic heterocycles. The second-order valence-corrected chi connectivity index (χ2v) is 6.68. The molecule has 5 nitrogen and oxygen atoms in total. The van der Waals surface area contributed by atoms with Crippen LogP contribution in [0.25, 0.3) is 0 Å². The molecule has 0 aliphatic carbocycles. The molecule has 0 saturated heterocycles. The van der Waals surface area contributed by atoms with Crippen LogP contribution in [-0.2, 0) is 19.3 Å². The molecule has 0 bridgehead atoms. The Morgan fingerprint density at radius 1 is 1.32 bits per heavy atom. The van der Waals surface area contributed by atoms with E-state index in [9.17, 15) is 22.8 Å². The van der Waals surface area contributed by atoms with Crippen LogP contribution in [0.15, 0.2) is 40.4 Å². The van der Waals surface area contributed by atoms with E-state index in [4.69, 9.17) is 0 Å². The fourth-order valence-electron chi connectivity index (χ4n) is 2.51. The minimum Gasteiger partial charge on any atom is -0.337 e. The van der Waals surface area contributed by atoms with Gasteiger partial charge in [0, 0.05) is 32.1 Å². The van der Waals surface area contributed by atoms with E-state index in [1.54, 1.807) is 0 Å². The number of aromatic nitrogens is 2. The molecule has 0 N–H and O–H groups in total. The molecule has 3 rings (SSSR count). The van der Waals surface area contributed by atoms with Crippen LogP contribution in [0.2, 0.25) is 0 Å². The van der Waals surface area contributed by atoms with Gasteiger partial charge in [0.15, 0.2) is 5.16 Å². The summed E-state index contributed by atoms with van der Waals surface area (Å²) in [6.45, 7) is 0.600. The summed E-state index contributed by atoms with van der Waals surface area (Å²) in [5.74, 6) is 0.228. The Balaban J connectivity index is 1.76. The van der Waals surface area contributed by atoms with E-state index >= 15 is 0 Å². The van der Waals surface area contributed by atoms with Crippen LogP contribution in [-0.4, -0.2) is 33.2 Å². The van der Waals surface area contributed by atoms with Gasteiger partial charge in [0.1, 0.15) is 5.56 Å². The van der Waals surface area contributed by atoms with Crippen molar-refractivity contribution in [2.45, 2.75) is 24.4 Å². The van der Waals surface area contributed by atoms with Crippen LogP contribution >= 0.6 is 11.8 Å². The second-order valence-electron chi connectivity index (χ2n) is 5.62. The number of thioether (sulfide) groups is 1. The van der Waals surface area contributed by atoms with Gasteiger partial charge in [0.05, 0.1) is 5.56 Å².